The van der Waals surface area contributed by atoms with Crippen LogP contribution in [0.1, 0.15) is 57.8 Å². The number of amides is 3. The lowest BCUT2D eigenvalue weighted by Crippen LogP contribution is -2.57. The molecule has 0 aromatic heterocycles. The number of likely N-dealkylation sites (tertiary alicyclic amines) is 2. The van der Waals surface area contributed by atoms with Gasteiger partial charge in [-0.25, -0.2) is 4.79 Å². The van der Waals surface area contributed by atoms with Crippen LogP contribution in [0, 0.1) is 29.6 Å². The number of ether oxygens (including phenoxy) is 1. The van der Waals surface area contributed by atoms with E-state index in [2.05, 4.69) is 5.32 Å². The van der Waals surface area contributed by atoms with E-state index in [0.717, 1.165) is 62.4 Å². The van der Waals surface area contributed by atoms with Gasteiger partial charge in [0.1, 0.15) is 0 Å². The maximum Gasteiger partial charge on any atom is 0.320 e. The van der Waals surface area contributed by atoms with Crippen molar-refractivity contribution in [3.8, 4) is 0 Å². The van der Waals surface area contributed by atoms with Gasteiger partial charge in [0.2, 0.25) is 5.91 Å². The molecular formula is C23H37N3O3. The van der Waals surface area contributed by atoms with Crippen molar-refractivity contribution < 1.29 is 14.3 Å². The van der Waals surface area contributed by atoms with Crippen LogP contribution in [0.5, 0.6) is 0 Å². The highest BCUT2D eigenvalue weighted by molar-refractivity contribution is 5.80. The first-order chi connectivity index (χ1) is 14.1. The van der Waals surface area contributed by atoms with Crippen molar-refractivity contribution >= 4 is 11.9 Å². The van der Waals surface area contributed by atoms with Gasteiger partial charge in [0.25, 0.3) is 0 Å². The number of piperidine rings is 2. The fourth-order valence-corrected chi connectivity index (χ4v) is 7.26. The fraction of sp³-hybridized carbons (Fsp3) is 0.913. The molecule has 3 amide bonds. The standard InChI is InChI=1S/C23H37N3O3/c1-29-20-4-8-26(9-5-20)23(28)25-6-2-17(3-7-25)22(27)24-21-18-11-15-10-16(13-18)14-19(21)12-15/h15-21H,2-14H2,1H3,(H,24,27). The summed E-state index contributed by atoms with van der Waals surface area (Å²) < 4.78 is 5.41. The van der Waals surface area contributed by atoms with Crippen LogP contribution in [-0.4, -0.2) is 67.2 Å². The van der Waals surface area contributed by atoms with E-state index in [4.69, 9.17) is 4.74 Å². The average molecular weight is 404 g/mol. The molecule has 162 valence electrons. The van der Waals surface area contributed by atoms with Gasteiger partial charge < -0.3 is 19.9 Å². The predicted molar refractivity (Wildman–Crippen MR) is 110 cm³/mol. The Balaban J connectivity index is 1.09. The Morgan fingerprint density at radius 1 is 0.793 bits per heavy atom. The number of methoxy groups -OCH3 is 1. The molecule has 0 atom stereocenters. The molecule has 1 N–H and O–H groups in total. The Kier molecular flexibility index (Phi) is 5.48. The molecular weight excluding hydrogens is 366 g/mol. The molecule has 6 rings (SSSR count). The smallest absolute Gasteiger partial charge is 0.320 e. The minimum atomic E-state index is 0.0791. The summed E-state index contributed by atoms with van der Waals surface area (Å²) in [7, 11) is 1.75. The van der Waals surface area contributed by atoms with Gasteiger partial charge in [-0.3, -0.25) is 4.79 Å². The van der Waals surface area contributed by atoms with Crippen molar-refractivity contribution in [3.63, 3.8) is 0 Å². The highest BCUT2D eigenvalue weighted by Crippen LogP contribution is 2.53. The third-order valence-electron chi connectivity index (χ3n) is 8.72. The summed E-state index contributed by atoms with van der Waals surface area (Å²) in [6.45, 7) is 2.99. The first-order valence-electron chi connectivity index (χ1n) is 12.0. The molecule has 0 spiro atoms. The highest BCUT2D eigenvalue weighted by atomic mass is 16.5. The molecule has 6 fully saturated rings. The van der Waals surface area contributed by atoms with Crippen molar-refractivity contribution in [1.82, 2.24) is 15.1 Å². The Morgan fingerprint density at radius 3 is 1.83 bits per heavy atom. The second-order valence-electron chi connectivity index (χ2n) is 10.4. The number of hydrogen-bond donors (Lipinski definition) is 1. The summed E-state index contributed by atoms with van der Waals surface area (Å²) in [6, 6.07) is 0.580. The van der Waals surface area contributed by atoms with Crippen LogP contribution in [0.15, 0.2) is 0 Å². The number of rotatable bonds is 3. The first-order valence-corrected chi connectivity index (χ1v) is 12.0. The number of hydrogen-bond acceptors (Lipinski definition) is 3. The monoisotopic (exact) mass is 403 g/mol. The van der Waals surface area contributed by atoms with E-state index in [9.17, 15) is 9.59 Å². The number of urea groups is 1. The molecule has 0 radical (unpaired) electrons. The first kappa shape index (κ1) is 19.7. The van der Waals surface area contributed by atoms with Gasteiger partial charge in [-0.15, -0.1) is 0 Å². The normalized spacial score (nSPS) is 37.8. The summed E-state index contributed by atoms with van der Waals surface area (Å²) in [5.41, 5.74) is 0. The van der Waals surface area contributed by atoms with Crippen LogP contribution >= 0.6 is 0 Å². The summed E-state index contributed by atoms with van der Waals surface area (Å²) in [4.78, 5) is 29.7. The van der Waals surface area contributed by atoms with Crippen LogP contribution in [0.4, 0.5) is 4.79 Å². The van der Waals surface area contributed by atoms with Gasteiger partial charge in [0.15, 0.2) is 0 Å². The molecule has 2 heterocycles. The molecule has 0 unspecified atom stereocenters. The predicted octanol–water partition coefficient (Wildman–Crippen LogP) is 2.87. The molecule has 6 heteroatoms. The van der Waals surface area contributed by atoms with Crippen molar-refractivity contribution in [1.29, 1.82) is 0 Å². The second kappa shape index (κ2) is 8.09. The van der Waals surface area contributed by atoms with Gasteiger partial charge in [-0.05, 0) is 81.5 Å². The van der Waals surface area contributed by atoms with Crippen LogP contribution in [0.2, 0.25) is 0 Å². The quantitative estimate of drug-likeness (QED) is 0.788. The van der Waals surface area contributed by atoms with Gasteiger partial charge in [0, 0.05) is 45.2 Å². The molecule has 2 aliphatic heterocycles. The fourth-order valence-electron chi connectivity index (χ4n) is 7.26. The number of nitrogens with one attached hydrogen (secondary N) is 1. The van der Waals surface area contributed by atoms with Gasteiger partial charge in [-0.1, -0.05) is 0 Å². The number of carbonyl (C=O) groups is 2. The zero-order valence-electron chi connectivity index (χ0n) is 17.9. The summed E-state index contributed by atoms with van der Waals surface area (Å²) >= 11 is 0. The third kappa shape index (κ3) is 3.89. The number of carbonyl (C=O) groups excluding carboxylic acids is 2. The molecule has 4 saturated carbocycles. The van der Waals surface area contributed by atoms with E-state index in [1.165, 1.54) is 32.1 Å². The Labute approximate surface area is 174 Å². The molecule has 29 heavy (non-hydrogen) atoms. The third-order valence-corrected chi connectivity index (χ3v) is 8.72. The number of nitrogens with zero attached hydrogens (tertiary/aromatic N) is 2. The summed E-state index contributed by atoms with van der Waals surface area (Å²) in [5.74, 6) is 3.67. The van der Waals surface area contributed by atoms with E-state index in [-0.39, 0.29) is 17.9 Å². The zero-order valence-corrected chi connectivity index (χ0v) is 17.9. The molecule has 4 aliphatic carbocycles. The summed E-state index contributed by atoms with van der Waals surface area (Å²) in [5, 5.41) is 3.48. The topological polar surface area (TPSA) is 61.9 Å². The second-order valence-corrected chi connectivity index (χ2v) is 10.4. The lowest BCUT2D eigenvalue weighted by Gasteiger charge is -2.54. The molecule has 4 bridgehead atoms. The Bertz CT molecular complexity index is 595. The van der Waals surface area contributed by atoms with E-state index >= 15 is 0 Å². The lowest BCUT2D eigenvalue weighted by molar-refractivity contribution is -0.130. The van der Waals surface area contributed by atoms with Gasteiger partial charge >= 0.3 is 6.03 Å². The maximum absolute atomic E-state index is 13.0. The van der Waals surface area contributed by atoms with Crippen molar-refractivity contribution in [2.24, 2.45) is 29.6 Å². The van der Waals surface area contributed by atoms with Crippen molar-refractivity contribution in [2.45, 2.75) is 69.9 Å². The highest BCUT2D eigenvalue weighted by Gasteiger charge is 2.49. The lowest BCUT2D eigenvalue weighted by atomic mass is 9.54. The molecule has 0 aromatic rings. The van der Waals surface area contributed by atoms with Gasteiger partial charge in [0.05, 0.1) is 6.10 Å². The zero-order chi connectivity index (χ0) is 20.0. The van der Waals surface area contributed by atoms with E-state index in [0.29, 0.717) is 25.2 Å². The minimum Gasteiger partial charge on any atom is -0.381 e. The average Bonchev–Trinajstić information content (AvgIpc) is 2.75. The molecule has 6 nitrogen and oxygen atoms in total. The minimum absolute atomic E-state index is 0.0791. The van der Waals surface area contributed by atoms with Crippen LogP contribution in [-0.2, 0) is 9.53 Å². The largest absolute Gasteiger partial charge is 0.381 e. The molecule has 0 aromatic carbocycles. The van der Waals surface area contributed by atoms with Crippen molar-refractivity contribution in [3.05, 3.63) is 0 Å². The Morgan fingerprint density at radius 2 is 1.31 bits per heavy atom. The SMILES string of the molecule is COC1CCN(C(=O)N2CCC(C(=O)NC3C4CC5CC(C4)CC3C5)CC2)CC1. The van der Waals surface area contributed by atoms with Crippen LogP contribution < -0.4 is 5.32 Å². The summed E-state index contributed by atoms with van der Waals surface area (Å²) in [6.07, 6.45) is 10.5. The molecule has 6 aliphatic rings. The van der Waals surface area contributed by atoms with Crippen molar-refractivity contribution in [2.75, 3.05) is 33.3 Å². The van der Waals surface area contributed by atoms with E-state index in [1.54, 1.807) is 7.11 Å². The van der Waals surface area contributed by atoms with Crippen LogP contribution in [0.3, 0.4) is 0 Å². The van der Waals surface area contributed by atoms with Gasteiger partial charge in [-0.2, -0.15) is 0 Å². The van der Waals surface area contributed by atoms with E-state index in [1.807, 2.05) is 9.80 Å². The van der Waals surface area contributed by atoms with Crippen LogP contribution in [0.25, 0.3) is 0 Å². The van der Waals surface area contributed by atoms with E-state index < -0.39 is 0 Å². The molecule has 2 saturated heterocycles. The maximum atomic E-state index is 13.0. The Hall–Kier alpha value is -1.30.